The van der Waals surface area contributed by atoms with E-state index in [2.05, 4.69) is 5.32 Å². The summed E-state index contributed by atoms with van der Waals surface area (Å²) < 4.78 is 15.7. The predicted octanol–water partition coefficient (Wildman–Crippen LogP) is 2.22. The lowest BCUT2D eigenvalue weighted by Gasteiger charge is -2.26. The minimum Gasteiger partial charge on any atom is -0.494 e. The van der Waals surface area contributed by atoms with E-state index in [-0.39, 0.29) is 22.8 Å². The summed E-state index contributed by atoms with van der Waals surface area (Å²) in [6.07, 6.45) is 1.30. The number of benzene rings is 2. The summed E-state index contributed by atoms with van der Waals surface area (Å²) >= 11 is 0. The number of carbonyl (C=O) groups excluding carboxylic acids is 3. The molecule has 4 amide bonds. The highest BCUT2D eigenvalue weighted by Crippen LogP contribution is 2.30. The van der Waals surface area contributed by atoms with Crippen LogP contribution in [0.5, 0.6) is 17.2 Å². The summed E-state index contributed by atoms with van der Waals surface area (Å²) in [4.78, 5) is 49.2. The second kappa shape index (κ2) is 9.65. The van der Waals surface area contributed by atoms with Gasteiger partial charge in [-0.3, -0.25) is 14.9 Å². The number of nitrogens with zero attached hydrogens (tertiary/aromatic N) is 1. The average Bonchev–Trinajstić information content (AvgIpc) is 2.76. The van der Waals surface area contributed by atoms with Crippen LogP contribution < -0.4 is 24.4 Å². The summed E-state index contributed by atoms with van der Waals surface area (Å²) in [7, 11) is 1.37. The third-order valence-corrected chi connectivity index (χ3v) is 4.36. The Morgan fingerprint density at radius 2 is 1.78 bits per heavy atom. The molecule has 0 spiro atoms. The highest BCUT2D eigenvalue weighted by molar-refractivity contribution is 6.39. The van der Waals surface area contributed by atoms with Gasteiger partial charge in [0.1, 0.15) is 11.3 Å². The van der Waals surface area contributed by atoms with Gasteiger partial charge in [-0.1, -0.05) is 6.07 Å². The number of aliphatic carboxylic acids is 1. The number of nitrogens with one attached hydrogen (secondary N) is 1. The number of rotatable bonds is 8. The Hall–Kier alpha value is -4.34. The number of hydrogen-bond acceptors (Lipinski definition) is 7. The third-order valence-electron chi connectivity index (χ3n) is 4.36. The fraction of sp³-hybridized carbons (Fsp3) is 0.182. The van der Waals surface area contributed by atoms with Crippen LogP contribution in [0, 0.1) is 0 Å². The first-order valence-corrected chi connectivity index (χ1v) is 9.51. The van der Waals surface area contributed by atoms with Crippen LogP contribution in [0.1, 0.15) is 12.5 Å². The van der Waals surface area contributed by atoms with Gasteiger partial charge in [0.05, 0.1) is 19.4 Å². The van der Waals surface area contributed by atoms with Crippen LogP contribution >= 0.6 is 0 Å². The SMILES string of the molecule is CCOc1ccc(N2C(=O)NC(=O)C(=Cc3ccc(OCC(=O)O)c(OC)c3)C2=O)cc1. The van der Waals surface area contributed by atoms with Crippen molar-refractivity contribution in [2.24, 2.45) is 0 Å². The maximum absolute atomic E-state index is 13.0. The standard InChI is InChI=1S/C22H20N2O8/c1-3-31-15-7-5-14(6-8-15)24-21(28)16(20(27)23-22(24)29)10-13-4-9-17(18(11-13)30-2)32-12-19(25)26/h4-11H,3,12H2,1-2H3,(H,25,26)(H,23,27,29). The first-order chi connectivity index (χ1) is 15.3. The Labute approximate surface area is 183 Å². The van der Waals surface area contributed by atoms with Gasteiger partial charge in [-0.25, -0.2) is 14.5 Å². The summed E-state index contributed by atoms with van der Waals surface area (Å²) in [5, 5.41) is 10.9. The number of barbiturate groups is 1. The fourth-order valence-electron chi connectivity index (χ4n) is 2.95. The molecule has 2 N–H and O–H groups in total. The number of methoxy groups -OCH3 is 1. The van der Waals surface area contributed by atoms with Gasteiger partial charge in [-0.2, -0.15) is 0 Å². The minimum atomic E-state index is -1.15. The first kappa shape index (κ1) is 22.3. The van der Waals surface area contributed by atoms with Crippen molar-refractivity contribution in [1.82, 2.24) is 5.32 Å². The van der Waals surface area contributed by atoms with Gasteiger partial charge in [0.15, 0.2) is 18.1 Å². The molecule has 32 heavy (non-hydrogen) atoms. The molecule has 0 saturated carbocycles. The number of anilines is 1. The predicted molar refractivity (Wildman–Crippen MR) is 113 cm³/mol. The number of carbonyl (C=O) groups is 4. The number of urea groups is 1. The number of carboxylic acids is 1. The average molecular weight is 440 g/mol. The molecule has 0 atom stereocenters. The van der Waals surface area contributed by atoms with E-state index in [1.807, 2.05) is 6.92 Å². The molecule has 1 saturated heterocycles. The molecule has 1 aliphatic rings. The molecule has 1 aliphatic heterocycles. The Balaban J connectivity index is 1.90. The van der Waals surface area contributed by atoms with Crippen molar-refractivity contribution in [1.29, 1.82) is 0 Å². The molecule has 0 radical (unpaired) electrons. The topological polar surface area (TPSA) is 131 Å². The zero-order valence-electron chi connectivity index (χ0n) is 17.3. The number of amides is 4. The molecule has 10 nitrogen and oxygen atoms in total. The molecular weight excluding hydrogens is 420 g/mol. The van der Waals surface area contributed by atoms with E-state index in [4.69, 9.17) is 19.3 Å². The molecule has 0 unspecified atom stereocenters. The number of carboxylic acid groups (broad SMARTS) is 1. The minimum absolute atomic E-state index is 0.183. The van der Waals surface area contributed by atoms with Gasteiger partial charge in [-0.05, 0) is 55.0 Å². The monoisotopic (exact) mass is 440 g/mol. The normalized spacial score (nSPS) is 14.9. The fourth-order valence-corrected chi connectivity index (χ4v) is 2.95. The van der Waals surface area contributed by atoms with Crippen LogP contribution in [0.2, 0.25) is 0 Å². The molecule has 10 heteroatoms. The second-order valence-electron chi connectivity index (χ2n) is 6.48. The smallest absolute Gasteiger partial charge is 0.341 e. The highest BCUT2D eigenvalue weighted by Gasteiger charge is 2.36. The first-order valence-electron chi connectivity index (χ1n) is 9.51. The largest absolute Gasteiger partial charge is 0.494 e. The van der Waals surface area contributed by atoms with E-state index in [0.717, 1.165) is 4.90 Å². The van der Waals surface area contributed by atoms with Crippen molar-refractivity contribution in [3.63, 3.8) is 0 Å². The Kier molecular flexibility index (Phi) is 6.74. The van der Waals surface area contributed by atoms with Crippen LogP contribution in [0.15, 0.2) is 48.0 Å². The zero-order chi connectivity index (χ0) is 23.3. The molecule has 2 aromatic carbocycles. The van der Waals surface area contributed by atoms with E-state index >= 15 is 0 Å². The van der Waals surface area contributed by atoms with E-state index < -0.39 is 30.4 Å². The van der Waals surface area contributed by atoms with Gasteiger partial charge in [0, 0.05) is 0 Å². The van der Waals surface area contributed by atoms with Gasteiger partial charge in [0.2, 0.25) is 0 Å². The molecular formula is C22H20N2O8. The van der Waals surface area contributed by atoms with Gasteiger partial charge in [0.25, 0.3) is 11.8 Å². The van der Waals surface area contributed by atoms with E-state index in [0.29, 0.717) is 17.9 Å². The lowest BCUT2D eigenvalue weighted by Crippen LogP contribution is -2.54. The molecule has 3 rings (SSSR count). The van der Waals surface area contributed by atoms with E-state index in [1.54, 1.807) is 12.1 Å². The zero-order valence-corrected chi connectivity index (χ0v) is 17.3. The lowest BCUT2D eigenvalue weighted by atomic mass is 10.1. The van der Waals surface area contributed by atoms with Crippen molar-refractivity contribution in [3.05, 3.63) is 53.6 Å². The van der Waals surface area contributed by atoms with Crippen molar-refractivity contribution < 1.29 is 38.5 Å². The van der Waals surface area contributed by atoms with Crippen LogP contribution in [0.3, 0.4) is 0 Å². The molecule has 0 aromatic heterocycles. The molecule has 1 heterocycles. The quantitative estimate of drug-likeness (QED) is 0.472. The summed E-state index contributed by atoms with van der Waals surface area (Å²) in [5.74, 6) is -1.82. The Morgan fingerprint density at radius 3 is 2.41 bits per heavy atom. The van der Waals surface area contributed by atoms with Gasteiger partial charge < -0.3 is 19.3 Å². The summed E-state index contributed by atoms with van der Waals surface area (Å²) in [6, 6.07) is 9.87. The number of hydrogen-bond donors (Lipinski definition) is 2. The maximum Gasteiger partial charge on any atom is 0.341 e. The van der Waals surface area contributed by atoms with Crippen LogP contribution in [-0.2, 0) is 14.4 Å². The molecule has 0 aliphatic carbocycles. The van der Waals surface area contributed by atoms with Crippen molar-refractivity contribution >= 4 is 35.6 Å². The van der Waals surface area contributed by atoms with Gasteiger partial charge in [-0.15, -0.1) is 0 Å². The molecule has 0 bridgehead atoms. The highest BCUT2D eigenvalue weighted by atomic mass is 16.5. The maximum atomic E-state index is 13.0. The van der Waals surface area contributed by atoms with Crippen molar-refractivity contribution in [2.75, 3.05) is 25.2 Å². The third kappa shape index (κ3) is 4.86. The van der Waals surface area contributed by atoms with Crippen molar-refractivity contribution in [3.8, 4) is 17.2 Å². The molecule has 2 aromatic rings. The number of ether oxygens (including phenoxy) is 3. The summed E-state index contributed by atoms with van der Waals surface area (Å²) in [5.41, 5.74) is 0.410. The van der Waals surface area contributed by atoms with Crippen LogP contribution in [0.4, 0.5) is 10.5 Å². The van der Waals surface area contributed by atoms with Crippen molar-refractivity contribution in [2.45, 2.75) is 6.92 Å². The van der Waals surface area contributed by atoms with E-state index in [9.17, 15) is 19.2 Å². The molecule has 166 valence electrons. The van der Waals surface area contributed by atoms with E-state index in [1.165, 1.54) is 43.5 Å². The van der Waals surface area contributed by atoms with Gasteiger partial charge >= 0.3 is 12.0 Å². The van der Waals surface area contributed by atoms with Crippen LogP contribution in [-0.4, -0.2) is 49.2 Å². The lowest BCUT2D eigenvalue weighted by molar-refractivity contribution is -0.139. The Bertz CT molecular complexity index is 1090. The second-order valence-corrected chi connectivity index (χ2v) is 6.48. The number of imide groups is 2. The molecule has 1 fully saturated rings. The Morgan fingerprint density at radius 1 is 1.06 bits per heavy atom. The van der Waals surface area contributed by atoms with Crippen LogP contribution in [0.25, 0.3) is 6.08 Å². The summed E-state index contributed by atoms with van der Waals surface area (Å²) in [6.45, 7) is 1.74.